The number of fused-ring (bicyclic) bond motifs is 2. The third-order valence-corrected chi connectivity index (χ3v) is 5.64. The highest BCUT2D eigenvalue weighted by molar-refractivity contribution is 6.31. The normalized spacial score (nSPS) is 11.4. The number of aromatic carboxylic acids is 1. The van der Waals surface area contributed by atoms with Gasteiger partial charge in [-0.05, 0) is 23.8 Å². The van der Waals surface area contributed by atoms with Crippen molar-refractivity contribution in [1.29, 1.82) is 0 Å². The molecule has 0 saturated carbocycles. The van der Waals surface area contributed by atoms with Crippen molar-refractivity contribution in [2.24, 2.45) is 7.05 Å². The minimum atomic E-state index is -1.28. The van der Waals surface area contributed by atoms with E-state index >= 15 is 0 Å². The summed E-state index contributed by atoms with van der Waals surface area (Å²) in [5.74, 6) is -1.28. The highest BCUT2D eigenvalue weighted by Crippen LogP contribution is 2.31. The number of hydrogen-bond acceptors (Lipinski definition) is 4. The van der Waals surface area contributed by atoms with Gasteiger partial charge in [0.25, 0.3) is 5.56 Å². The maximum Gasteiger partial charge on any atom is 0.354 e. The summed E-state index contributed by atoms with van der Waals surface area (Å²) in [5, 5.41) is 15.1. The molecule has 5 rings (SSSR count). The number of aromatic amines is 1. The summed E-state index contributed by atoms with van der Waals surface area (Å²) < 4.78 is 3.78. The van der Waals surface area contributed by atoms with Crippen LogP contribution in [0.4, 0.5) is 0 Å². The van der Waals surface area contributed by atoms with Crippen molar-refractivity contribution in [1.82, 2.24) is 23.9 Å². The SMILES string of the molecule is Cn1ncc2c(=O)n(-c3c(C(=O)O)n(Cc4ccccc4)c4ccc(Cl)cc34)c(=O)[nH]c21. The summed E-state index contributed by atoms with van der Waals surface area (Å²) in [7, 11) is 1.59. The van der Waals surface area contributed by atoms with Crippen LogP contribution in [0.25, 0.3) is 27.6 Å². The van der Waals surface area contributed by atoms with E-state index in [0.29, 0.717) is 15.9 Å². The van der Waals surface area contributed by atoms with Gasteiger partial charge in [-0.25, -0.2) is 14.2 Å². The molecule has 3 heterocycles. The van der Waals surface area contributed by atoms with Crippen LogP contribution in [-0.2, 0) is 13.6 Å². The first-order valence-corrected chi connectivity index (χ1v) is 10.0. The van der Waals surface area contributed by atoms with Gasteiger partial charge in [-0.15, -0.1) is 0 Å². The van der Waals surface area contributed by atoms with Crippen LogP contribution in [0, 0.1) is 0 Å². The third-order valence-electron chi connectivity index (χ3n) is 5.41. The molecule has 2 N–H and O–H groups in total. The summed E-state index contributed by atoms with van der Waals surface area (Å²) in [5.41, 5.74) is -0.0323. The number of hydrogen-bond donors (Lipinski definition) is 2. The van der Waals surface area contributed by atoms with Crippen LogP contribution in [0.3, 0.4) is 0 Å². The van der Waals surface area contributed by atoms with E-state index in [4.69, 9.17) is 11.6 Å². The Morgan fingerprint density at radius 1 is 1.12 bits per heavy atom. The topological polar surface area (TPSA) is 115 Å². The second-order valence-corrected chi connectivity index (χ2v) is 7.77. The molecule has 0 radical (unpaired) electrons. The van der Waals surface area contributed by atoms with Crippen LogP contribution in [0.15, 0.2) is 64.3 Å². The zero-order valence-electron chi connectivity index (χ0n) is 16.7. The highest BCUT2D eigenvalue weighted by Gasteiger charge is 2.27. The fourth-order valence-corrected chi connectivity index (χ4v) is 4.17. The second-order valence-electron chi connectivity index (χ2n) is 7.34. The van der Waals surface area contributed by atoms with Crippen molar-refractivity contribution in [2.45, 2.75) is 6.54 Å². The van der Waals surface area contributed by atoms with Crippen molar-refractivity contribution >= 4 is 39.5 Å². The molecule has 9 nitrogen and oxygen atoms in total. The van der Waals surface area contributed by atoms with Crippen LogP contribution in [0.1, 0.15) is 16.1 Å². The van der Waals surface area contributed by atoms with Gasteiger partial charge >= 0.3 is 11.7 Å². The fourth-order valence-electron chi connectivity index (χ4n) is 4.00. The number of carbonyl (C=O) groups is 1. The Hall–Kier alpha value is -4.11. The summed E-state index contributed by atoms with van der Waals surface area (Å²) in [6.07, 6.45) is 1.33. The Labute approximate surface area is 184 Å². The van der Waals surface area contributed by atoms with E-state index in [-0.39, 0.29) is 29.0 Å². The molecule has 2 aromatic carbocycles. The van der Waals surface area contributed by atoms with Gasteiger partial charge in [0.2, 0.25) is 0 Å². The molecule has 0 aliphatic rings. The molecule has 160 valence electrons. The molecule has 0 unspecified atom stereocenters. The van der Waals surface area contributed by atoms with Gasteiger partial charge in [-0.1, -0.05) is 41.9 Å². The van der Waals surface area contributed by atoms with E-state index in [9.17, 15) is 19.5 Å². The lowest BCUT2D eigenvalue weighted by atomic mass is 10.2. The van der Waals surface area contributed by atoms with Crippen molar-refractivity contribution in [3.8, 4) is 5.69 Å². The molecule has 5 aromatic rings. The first kappa shape index (κ1) is 19.8. The molecule has 3 aromatic heterocycles. The van der Waals surface area contributed by atoms with Crippen LogP contribution in [-0.4, -0.2) is 35.0 Å². The largest absolute Gasteiger partial charge is 0.477 e. The summed E-state index contributed by atoms with van der Waals surface area (Å²) in [4.78, 5) is 41.4. The number of halogens is 1. The molecule has 32 heavy (non-hydrogen) atoms. The first-order valence-electron chi connectivity index (χ1n) is 9.63. The minimum Gasteiger partial charge on any atom is -0.477 e. The van der Waals surface area contributed by atoms with E-state index in [1.54, 1.807) is 29.8 Å². The first-order chi connectivity index (χ1) is 15.4. The van der Waals surface area contributed by atoms with Crippen molar-refractivity contribution in [3.05, 3.63) is 91.8 Å². The molecule has 0 atom stereocenters. The van der Waals surface area contributed by atoms with Crippen molar-refractivity contribution < 1.29 is 9.90 Å². The molecule has 0 bridgehead atoms. The van der Waals surface area contributed by atoms with Gasteiger partial charge < -0.3 is 9.67 Å². The Bertz CT molecular complexity index is 1640. The van der Waals surface area contributed by atoms with E-state index in [1.807, 2.05) is 30.3 Å². The standard InChI is InChI=1S/C22H16ClN5O4/c1-26-19-15(10-24-26)20(29)28(22(32)25-19)17-14-9-13(23)7-8-16(14)27(18(17)21(30)31)11-12-5-3-2-4-6-12/h2-10H,11H2,1H3,(H,25,32)(H,30,31). The quantitative estimate of drug-likeness (QED) is 0.438. The average molecular weight is 450 g/mol. The van der Waals surface area contributed by atoms with Crippen molar-refractivity contribution in [2.75, 3.05) is 0 Å². The smallest absolute Gasteiger partial charge is 0.354 e. The van der Waals surface area contributed by atoms with Crippen molar-refractivity contribution in [3.63, 3.8) is 0 Å². The third kappa shape index (κ3) is 2.94. The molecular weight excluding hydrogens is 434 g/mol. The van der Waals surface area contributed by atoms with Crippen LogP contribution in [0.5, 0.6) is 0 Å². The summed E-state index contributed by atoms with van der Waals surface area (Å²) >= 11 is 6.21. The lowest BCUT2D eigenvalue weighted by Crippen LogP contribution is -2.34. The monoisotopic (exact) mass is 449 g/mol. The number of rotatable bonds is 4. The van der Waals surface area contributed by atoms with E-state index in [2.05, 4.69) is 10.1 Å². The second kappa shape index (κ2) is 7.24. The Morgan fingerprint density at radius 2 is 1.88 bits per heavy atom. The number of aromatic nitrogens is 5. The molecule has 0 amide bonds. The molecule has 0 aliphatic carbocycles. The number of aryl methyl sites for hydroxylation is 1. The molecule has 0 spiro atoms. The molecule has 0 fully saturated rings. The van der Waals surface area contributed by atoms with E-state index in [1.165, 1.54) is 10.9 Å². The Morgan fingerprint density at radius 3 is 2.59 bits per heavy atom. The number of carboxylic acid groups (broad SMARTS) is 1. The number of benzene rings is 2. The number of nitrogens with zero attached hydrogens (tertiary/aromatic N) is 4. The van der Waals surface area contributed by atoms with Crippen LogP contribution >= 0.6 is 11.6 Å². The van der Waals surface area contributed by atoms with E-state index < -0.39 is 17.2 Å². The van der Waals surface area contributed by atoms with Gasteiger partial charge in [0, 0.05) is 24.0 Å². The van der Waals surface area contributed by atoms with Gasteiger partial charge in [-0.3, -0.25) is 14.5 Å². The average Bonchev–Trinajstić information content (AvgIpc) is 3.27. The predicted molar refractivity (Wildman–Crippen MR) is 120 cm³/mol. The predicted octanol–water partition coefficient (Wildman–Crippen LogP) is 2.77. The molecule has 10 heteroatoms. The Balaban J connectivity index is 1.92. The lowest BCUT2D eigenvalue weighted by molar-refractivity contribution is 0.0686. The van der Waals surface area contributed by atoms with Gasteiger partial charge in [-0.2, -0.15) is 5.10 Å². The van der Waals surface area contributed by atoms with E-state index in [0.717, 1.165) is 10.1 Å². The number of H-pyrrole nitrogens is 1. The minimum absolute atomic E-state index is 0.0389. The maximum absolute atomic E-state index is 13.3. The maximum atomic E-state index is 13.3. The molecule has 0 saturated heterocycles. The van der Waals surface area contributed by atoms with Gasteiger partial charge in [0.05, 0.1) is 17.4 Å². The zero-order valence-corrected chi connectivity index (χ0v) is 17.5. The fraction of sp³-hybridized carbons (Fsp3) is 0.0909. The molecule has 0 aliphatic heterocycles. The van der Waals surface area contributed by atoms with Crippen LogP contribution < -0.4 is 11.2 Å². The summed E-state index contributed by atoms with van der Waals surface area (Å²) in [6, 6.07) is 14.2. The highest BCUT2D eigenvalue weighted by atomic mass is 35.5. The van der Waals surface area contributed by atoms with Gasteiger partial charge in [0.1, 0.15) is 11.0 Å². The zero-order chi connectivity index (χ0) is 22.6. The summed E-state index contributed by atoms with van der Waals surface area (Å²) in [6.45, 7) is 0.225. The van der Waals surface area contributed by atoms with Crippen LogP contribution in [0.2, 0.25) is 5.02 Å². The molecular formula is C22H16ClN5O4. The van der Waals surface area contributed by atoms with Gasteiger partial charge in [0.15, 0.2) is 5.69 Å². The Kier molecular flexibility index (Phi) is 4.49. The lowest BCUT2D eigenvalue weighted by Gasteiger charge is -2.10. The number of carboxylic acids is 1. The number of nitrogens with one attached hydrogen (secondary N) is 1.